The van der Waals surface area contributed by atoms with E-state index in [-0.39, 0.29) is 11.8 Å². The molecule has 0 aliphatic carbocycles. The molecular formula is C21H23N3O2S. The van der Waals surface area contributed by atoms with Crippen molar-refractivity contribution in [1.82, 2.24) is 15.2 Å². The number of aryl methyl sites for hydroxylation is 1. The number of para-hydroxylation sites is 1. The monoisotopic (exact) mass is 381 g/mol. The number of amides is 2. The smallest absolute Gasteiger partial charge is 0.253 e. The van der Waals surface area contributed by atoms with E-state index in [1.165, 1.54) is 4.70 Å². The Hall–Kier alpha value is -2.73. The molecule has 0 aliphatic rings. The molecule has 2 aromatic carbocycles. The summed E-state index contributed by atoms with van der Waals surface area (Å²) in [5.74, 6) is -0.0283. The van der Waals surface area contributed by atoms with Crippen LogP contribution >= 0.6 is 11.3 Å². The predicted octanol–water partition coefficient (Wildman–Crippen LogP) is 3.64. The van der Waals surface area contributed by atoms with Crippen molar-refractivity contribution < 1.29 is 9.59 Å². The average molecular weight is 382 g/mol. The van der Waals surface area contributed by atoms with Crippen molar-refractivity contribution in [3.8, 4) is 0 Å². The Labute approximate surface area is 163 Å². The predicted molar refractivity (Wildman–Crippen MR) is 109 cm³/mol. The number of carbonyl (C=O) groups is 2. The fourth-order valence-corrected chi connectivity index (χ4v) is 3.80. The summed E-state index contributed by atoms with van der Waals surface area (Å²) in [6.45, 7) is 0.425. The molecule has 0 saturated carbocycles. The molecular weight excluding hydrogens is 358 g/mol. The molecule has 3 aromatic rings. The second-order valence-electron chi connectivity index (χ2n) is 6.61. The lowest BCUT2D eigenvalue weighted by molar-refractivity contribution is -0.121. The number of fused-ring (bicyclic) bond motifs is 1. The van der Waals surface area contributed by atoms with Gasteiger partial charge in [0.1, 0.15) is 0 Å². The maximum absolute atomic E-state index is 12.1. The minimum absolute atomic E-state index is 0.0143. The number of rotatable bonds is 7. The number of aromatic nitrogens is 1. The highest BCUT2D eigenvalue weighted by molar-refractivity contribution is 7.18. The summed E-state index contributed by atoms with van der Waals surface area (Å²) in [5.41, 5.74) is 2.57. The minimum Gasteiger partial charge on any atom is -0.352 e. The first-order valence-corrected chi connectivity index (χ1v) is 9.76. The van der Waals surface area contributed by atoms with Gasteiger partial charge in [0, 0.05) is 32.6 Å². The summed E-state index contributed by atoms with van der Waals surface area (Å²) in [7, 11) is 3.45. The topological polar surface area (TPSA) is 62.3 Å². The highest BCUT2D eigenvalue weighted by Crippen LogP contribution is 2.22. The van der Waals surface area contributed by atoms with E-state index in [4.69, 9.17) is 0 Å². The van der Waals surface area contributed by atoms with Crippen molar-refractivity contribution in [2.75, 3.05) is 14.1 Å². The Morgan fingerprint density at radius 3 is 2.70 bits per heavy atom. The number of thiazole rings is 1. The molecule has 3 rings (SSSR count). The van der Waals surface area contributed by atoms with Crippen LogP contribution in [0.1, 0.15) is 33.8 Å². The van der Waals surface area contributed by atoms with Crippen LogP contribution < -0.4 is 5.32 Å². The Balaban J connectivity index is 1.46. The summed E-state index contributed by atoms with van der Waals surface area (Å²) in [5, 5.41) is 3.99. The zero-order valence-electron chi connectivity index (χ0n) is 15.6. The van der Waals surface area contributed by atoms with Crippen LogP contribution in [0.2, 0.25) is 0 Å². The van der Waals surface area contributed by atoms with Crippen LogP contribution in [0, 0.1) is 0 Å². The summed E-state index contributed by atoms with van der Waals surface area (Å²) in [6.07, 6.45) is 2.04. The normalized spacial score (nSPS) is 10.7. The van der Waals surface area contributed by atoms with E-state index in [1.807, 2.05) is 36.4 Å². The second-order valence-corrected chi connectivity index (χ2v) is 7.72. The Morgan fingerprint density at radius 2 is 1.93 bits per heavy atom. The zero-order chi connectivity index (χ0) is 19.2. The van der Waals surface area contributed by atoms with Crippen molar-refractivity contribution in [3.05, 3.63) is 64.7 Å². The highest BCUT2D eigenvalue weighted by Gasteiger charge is 2.09. The largest absolute Gasteiger partial charge is 0.352 e. The van der Waals surface area contributed by atoms with Crippen LogP contribution in [0.3, 0.4) is 0 Å². The molecule has 140 valence electrons. The van der Waals surface area contributed by atoms with Crippen molar-refractivity contribution >= 4 is 33.4 Å². The molecule has 6 heteroatoms. The van der Waals surface area contributed by atoms with E-state index in [9.17, 15) is 9.59 Å². The summed E-state index contributed by atoms with van der Waals surface area (Å²) in [4.78, 5) is 30.2. The molecule has 1 aromatic heterocycles. The second kappa shape index (κ2) is 8.77. The van der Waals surface area contributed by atoms with Gasteiger partial charge in [0.15, 0.2) is 0 Å². The van der Waals surface area contributed by atoms with Gasteiger partial charge in [-0.1, -0.05) is 24.3 Å². The van der Waals surface area contributed by atoms with Crippen LogP contribution in [-0.4, -0.2) is 35.8 Å². The van der Waals surface area contributed by atoms with Gasteiger partial charge in [-0.15, -0.1) is 11.3 Å². The lowest BCUT2D eigenvalue weighted by Crippen LogP contribution is -2.24. The van der Waals surface area contributed by atoms with Gasteiger partial charge < -0.3 is 10.2 Å². The van der Waals surface area contributed by atoms with Crippen LogP contribution in [0.15, 0.2) is 48.5 Å². The molecule has 27 heavy (non-hydrogen) atoms. The van der Waals surface area contributed by atoms with E-state index in [0.717, 1.165) is 28.9 Å². The number of hydrogen-bond donors (Lipinski definition) is 1. The number of nitrogens with zero attached hydrogens (tertiary/aromatic N) is 2. The first-order chi connectivity index (χ1) is 13.0. The fraction of sp³-hybridized carbons (Fsp3) is 0.286. The zero-order valence-corrected chi connectivity index (χ0v) is 16.4. The van der Waals surface area contributed by atoms with Gasteiger partial charge in [0.2, 0.25) is 5.91 Å². The molecule has 1 heterocycles. The Morgan fingerprint density at radius 1 is 1.11 bits per heavy atom. The molecule has 5 nitrogen and oxygen atoms in total. The number of hydrogen-bond acceptors (Lipinski definition) is 4. The minimum atomic E-state index is -0.0426. The fourth-order valence-electron chi connectivity index (χ4n) is 2.79. The van der Waals surface area contributed by atoms with E-state index in [0.29, 0.717) is 18.5 Å². The number of nitrogens with one attached hydrogen (secondary N) is 1. The SMILES string of the molecule is CN(C)C(=O)c1cccc(CNC(=O)CCCc2nc3ccccc3s2)c1. The molecule has 0 aliphatic heterocycles. The summed E-state index contributed by atoms with van der Waals surface area (Å²) < 4.78 is 1.18. The third-order valence-electron chi connectivity index (χ3n) is 4.20. The van der Waals surface area contributed by atoms with E-state index >= 15 is 0 Å². The van der Waals surface area contributed by atoms with E-state index in [2.05, 4.69) is 16.4 Å². The van der Waals surface area contributed by atoms with E-state index < -0.39 is 0 Å². The number of benzene rings is 2. The first kappa shape index (κ1) is 19.0. The van der Waals surface area contributed by atoms with Crippen LogP contribution in [0.5, 0.6) is 0 Å². The van der Waals surface area contributed by atoms with Crippen LogP contribution in [0.4, 0.5) is 0 Å². The molecule has 0 bridgehead atoms. The summed E-state index contributed by atoms with van der Waals surface area (Å²) >= 11 is 1.69. The molecule has 0 spiro atoms. The lowest BCUT2D eigenvalue weighted by atomic mass is 10.1. The average Bonchev–Trinajstić information content (AvgIpc) is 3.08. The molecule has 0 fully saturated rings. The summed E-state index contributed by atoms with van der Waals surface area (Å²) in [6, 6.07) is 15.4. The maximum Gasteiger partial charge on any atom is 0.253 e. The molecule has 0 radical (unpaired) electrons. The van der Waals surface area contributed by atoms with Crippen molar-refractivity contribution in [1.29, 1.82) is 0 Å². The highest BCUT2D eigenvalue weighted by atomic mass is 32.1. The van der Waals surface area contributed by atoms with Gasteiger partial charge in [-0.25, -0.2) is 4.98 Å². The Bertz CT molecular complexity index is 916. The maximum atomic E-state index is 12.1. The third-order valence-corrected chi connectivity index (χ3v) is 5.30. The molecule has 0 unspecified atom stereocenters. The van der Waals surface area contributed by atoms with Gasteiger partial charge in [-0.2, -0.15) is 0 Å². The van der Waals surface area contributed by atoms with E-state index in [1.54, 1.807) is 36.4 Å². The van der Waals surface area contributed by atoms with Gasteiger partial charge in [-0.05, 0) is 42.7 Å². The van der Waals surface area contributed by atoms with Crippen LogP contribution in [0.25, 0.3) is 10.2 Å². The Kier molecular flexibility index (Phi) is 6.19. The molecule has 1 N–H and O–H groups in total. The number of carbonyl (C=O) groups excluding carboxylic acids is 2. The van der Waals surface area contributed by atoms with Gasteiger partial charge >= 0.3 is 0 Å². The molecule has 0 saturated heterocycles. The molecule has 0 atom stereocenters. The van der Waals surface area contributed by atoms with Gasteiger partial charge in [-0.3, -0.25) is 9.59 Å². The van der Waals surface area contributed by atoms with Gasteiger partial charge in [0.05, 0.1) is 15.2 Å². The third kappa shape index (κ3) is 5.14. The quantitative estimate of drug-likeness (QED) is 0.680. The van der Waals surface area contributed by atoms with Crippen molar-refractivity contribution in [2.24, 2.45) is 0 Å². The lowest BCUT2D eigenvalue weighted by Gasteiger charge is -2.11. The van der Waals surface area contributed by atoms with Crippen LogP contribution in [-0.2, 0) is 17.8 Å². The van der Waals surface area contributed by atoms with Crippen molar-refractivity contribution in [3.63, 3.8) is 0 Å². The van der Waals surface area contributed by atoms with Gasteiger partial charge in [0.25, 0.3) is 5.91 Å². The first-order valence-electron chi connectivity index (χ1n) is 8.94. The van der Waals surface area contributed by atoms with Crippen molar-refractivity contribution in [2.45, 2.75) is 25.8 Å². The standard InChI is InChI=1S/C21H23N3O2S/c1-24(2)21(26)16-8-5-7-15(13-16)14-22-19(25)11-6-12-20-23-17-9-3-4-10-18(17)27-20/h3-5,7-10,13H,6,11-12,14H2,1-2H3,(H,22,25). The molecule has 2 amide bonds.